The maximum Gasteiger partial charge on any atom is 0.240 e. The Morgan fingerprint density at radius 1 is 1.03 bits per heavy atom. The predicted octanol–water partition coefficient (Wildman–Crippen LogP) is 1.74. The number of phenols is 1. The largest absolute Gasteiger partial charge is 0.506 e. The van der Waals surface area contributed by atoms with Crippen LogP contribution in [0.5, 0.6) is 5.75 Å². The van der Waals surface area contributed by atoms with Crippen LogP contribution in [0.25, 0.3) is 0 Å². The van der Waals surface area contributed by atoms with E-state index in [1.807, 2.05) is 12.1 Å². The molecule has 194 valence electrons. The van der Waals surface area contributed by atoms with Crippen molar-refractivity contribution in [3.63, 3.8) is 0 Å². The Kier molecular flexibility index (Phi) is 8.65. The van der Waals surface area contributed by atoms with E-state index in [1.165, 1.54) is 12.1 Å². The van der Waals surface area contributed by atoms with Crippen LogP contribution in [0.15, 0.2) is 47.4 Å². The topological polar surface area (TPSA) is 148 Å². The molecule has 3 rings (SSSR count). The molecule has 2 aromatic rings. The summed E-state index contributed by atoms with van der Waals surface area (Å²) in [6, 6.07) is 11.2. The molecular weight excluding hydrogens is 492 g/mol. The second-order valence-electron chi connectivity index (χ2n) is 9.11. The first-order valence-electron chi connectivity index (χ1n) is 11.4. The van der Waals surface area contributed by atoms with Crippen molar-refractivity contribution in [3.8, 4) is 5.75 Å². The lowest BCUT2D eigenvalue weighted by molar-refractivity contribution is 0.167. The summed E-state index contributed by atoms with van der Waals surface area (Å²) in [6.07, 6.45) is 1.81. The second-order valence-corrected chi connectivity index (χ2v) is 12.6. The van der Waals surface area contributed by atoms with Crippen molar-refractivity contribution in [1.29, 1.82) is 0 Å². The van der Waals surface area contributed by atoms with E-state index < -0.39 is 26.2 Å². The van der Waals surface area contributed by atoms with E-state index in [4.69, 9.17) is 0 Å². The van der Waals surface area contributed by atoms with E-state index >= 15 is 0 Å². The SMILES string of the molecule is CC(C)NS(=O)(=O)c1ccc(N2CCC(NC[C@@H](O)c3ccc(O)c(NS(C)(=O)=O)c3)CC2)cc1. The molecule has 2 aromatic carbocycles. The molecule has 0 radical (unpaired) electrons. The normalized spacial score (nSPS) is 16.4. The van der Waals surface area contributed by atoms with Crippen LogP contribution in [-0.4, -0.2) is 65.0 Å². The van der Waals surface area contributed by atoms with Crippen molar-refractivity contribution < 1.29 is 27.0 Å². The average molecular weight is 527 g/mol. The van der Waals surface area contributed by atoms with Gasteiger partial charge in [0.1, 0.15) is 5.75 Å². The van der Waals surface area contributed by atoms with Gasteiger partial charge in [0.15, 0.2) is 0 Å². The van der Waals surface area contributed by atoms with Gasteiger partial charge in [0, 0.05) is 37.4 Å². The second kappa shape index (κ2) is 11.1. The molecule has 0 saturated carbocycles. The van der Waals surface area contributed by atoms with Crippen LogP contribution in [0.4, 0.5) is 11.4 Å². The highest BCUT2D eigenvalue weighted by molar-refractivity contribution is 7.92. The number of phenolic OH excluding ortho intramolecular Hbond substituents is 1. The zero-order valence-corrected chi connectivity index (χ0v) is 21.7. The van der Waals surface area contributed by atoms with Crippen LogP contribution >= 0.6 is 0 Å². The molecule has 1 fully saturated rings. The third-order valence-electron chi connectivity index (χ3n) is 5.70. The van der Waals surface area contributed by atoms with Crippen LogP contribution in [0.1, 0.15) is 38.4 Å². The first-order valence-corrected chi connectivity index (χ1v) is 14.8. The minimum absolute atomic E-state index is 0.0242. The number of benzene rings is 2. The summed E-state index contributed by atoms with van der Waals surface area (Å²) in [5.41, 5.74) is 1.47. The zero-order valence-electron chi connectivity index (χ0n) is 20.1. The van der Waals surface area contributed by atoms with E-state index in [0.717, 1.165) is 37.9 Å². The van der Waals surface area contributed by atoms with Crippen LogP contribution in [0.2, 0.25) is 0 Å². The van der Waals surface area contributed by atoms with Gasteiger partial charge in [0.05, 0.1) is 22.9 Å². The van der Waals surface area contributed by atoms with E-state index in [-0.39, 0.29) is 35.0 Å². The number of sulfonamides is 2. The molecule has 12 heteroatoms. The van der Waals surface area contributed by atoms with Crippen molar-refractivity contribution in [2.45, 2.75) is 49.8 Å². The fourth-order valence-electron chi connectivity index (χ4n) is 3.99. The third-order valence-corrected chi connectivity index (χ3v) is 7.96. The van der Waals surface area contributed by atoms with E-state index in [0.29, 0.717) is 5.56 Å². The highest BCUT2D eigenvalue weighted by atomic mass is 32.2. The van der Waals surface area contributed by atoms with Crippen molar-refractivity contribution in [2.75, 3.05) is 35.5 Å². The first-order chi connectivity index (χ1) is 16.3. The number of nitrogens with one attached hydrogen (secondary N) is 3. The van der Waals surface area contributed by atoms with Crippen molar-refractivity contribution in [3.05, 3.63) is 48.0 Å². The molecule has 1 heterocycles. The first kappa shape index (κ1) is 27.2. The van der Waals surface area contributed by atoms with Gasteiger partial charge < -0.3 is 20.4 Å². The van der Waals surface area contributed by atoms with E-state index in [1.54, 1.807) is 32.0 Å². The Balaban J connectivity index is 1.52. The fraction of sp³-hybridized carbons (Fsp3) is 0.478. The Hall–Kier alpha value is -2.38. The van der Waals surface area contributed by atoms with Gasteiger partial charge in [-0.3, -0.25) is 4.72 Å². The average Bonchev–Trinajstić information content (AvgIpc) is 2.77. The Labute approximate surface area is 207 Å². The van der Waals surface area contributed by atoms with Gasteiger partial charge in [-0.05, 0) is 68.7 Å². The Morgan fingerprint density at radius 3 is 2.23 bits per heavy atom. The number of aromatic hydroxyl groups is 1. The third kappa shape index (κ3) is 7.80. The van der Waals surface area contributed by atoms with Crippen molar-refractivity contribution >= 4 is 31.4 Å². The minimum Gasteiger partial charge on any atom is -0.506 e. The fourth-order valence-corrected chi connectivity index (χ4v) is 5.81. The highest BCUT2D eigenvalue weighted by Gasteiger charge is 2.22. The Morgan fingerprint density at radius 2 is 1.66 bits per heavy atom. The van der Waals surface area contributed by atoms with Gasteiger partial charge in [-0.25, -0.2) is 21.6 Å². The van der Waals surface area contributed by atoms with Crippen LogP contribution in [-0.2, 0) is 20.0 Å². The summed E-state index contributed by atoms with van der Waals surface area (Å²) in [7, 11) is -7.08. The van der Waals surface area contributed by atoms with Crippen molar-refractivity contribution in [2.24, 2.45) is 0 Å². The van der Waals surface area contributed by atoms with Crippen molar-refractivity contribution in [1.82, 2.24) is 10.0 Å². The monoisotopic (exact) mass is 526 g/mol. The Bertz CT molecular complexity index is 1210. The summed E-state index contributed by atoms with van der Waals surface area (Å²) in [6.45, 7) is 5.41. The molecule has 0 unspecified atom stereocenters. The highest BCUT2D eigenvalue weighted by Crippen LogP contribution is 2.28. The molecule has 0 spiro atoms. The van der Waals surface area contributed by atoms with Crippen LogP contribution in [0.3, 0.4) is 0 Å². The van der Waals surface area contributed by atoms with Gasteiger partial charge in [0.2, 0.25) is 20.0 Å². The molecule has 1 atom stereocenters. The summed E-state index contributed by atoms with van der Waals surface area (Å²) in [5, 5.41) is 23.8. The number of hydrogen-bond acceptors (Lipinski definition) is 8. The molecule has 10 nitrogen and oxygen atoms in total. The van der Waals surface area contributed by atoms with E-state index in [2.05, 4.69) is 19.7 Å². The molecule has 1 aliphatic heterocycles. The predicted molar refractivity (Wildman–Crippen MR) is 137 cm³/mol. The molecule has 5 N–H and O–H groups in total. The minimum atomic E-state index is -3.56. The molecule has 0 aromatic heterocycles. The number of aliphatic hydroxyl groups excluding tert-OH is 1. The lowest BCUT2D eigenvalue weighted by Crippen LogP contribution is -2.43. The molecule has 0 bridgehead atoms. The van der Waals surface area contributed by atoms with Gasteiger partial charge in [-0.2, -0.15) is 0 Å². The summed E-state index contributed by atoms with van der Waals surface area (Å²) in [5.74, 6) is -0.214. The van der Waals surface area contributed by atoms with Gasteiger partial charge in [0.25, 0.3) is 0 Å². The number of anilines is 2. The summed E-state index contributed by atoms with van der Waals surface area (Å²) in [4.78, 5) is 2.44. The summed E-state index contributed by atoms with van der Waals surface area (Å²) < 4.78 is 52.3. The molecule has 1 aliphatic rings. The van der Waals surface area contributed by atoms with Gasteiger partial charge in [-0.15, -0.1) is 0 Å². The van der Waals surface area contributed by atoms with Crippen LogP contribution < -0.4 is 19.7 Å². The van der Waals surface area contributed by atoms with E-state index in [9.17, 15) is 27.0 Å². The van der Waals surface area contributed by atoms with Gasteiger partial charge >= 0.3 is 0 Å². The number of nitrogens with zero attached hydrogens (tertiary/aromatic N) is 1. The molecule has 0 aliphatic carbocycles. The van der Waals surface area contributed by atoms with Gasteiger partial charge in [-0.1, -0.05) is 6.07 Å². The number of hydrogen-bond donors (Lipinski definition) is 5. The molecule has 35 heavy (non-hydrogen) atoms. The smallest absolute Gasteiger partial charge is 0.240 e. The number of piperidine rings is 1. The molecule has 1 saturated heterocycles. The zero-order chi connectivity index (χ0) is 25.8. The van der Waals surface area contributed by atoms with Crippen LogP contribution in [0, 0.1) is 0 Å². The summed E-state index contributed by atoms with van der Waals surface area (Å²) >= 11 is 0. The molecule has 0 amide bonds. The number of aliphatic hydroxyl groups is 1. The number of rotatable bonds is 10. The lowest BCUT2D eigenvalue weighted by Gasteiger charge is -2.34. The quantitative estimate of drug-likeness (QED) is 0.294. The molecular formula is C23H34N4O6S2. The lowest BCUT2D eigenvalue weighted by atomic mass is 10.0. The standard InChI is InChI=1S/C23H34N4O6S2/c1-16(2)25-35(32,33)20-7-5-19(6-8-20)27-12-10-18(11-13-27)24-15-23(29)17-4-9-22(28)21(14-17)26-34(3,30)31/h4-9,14,16,18,23-26,28-29H,10-13,15H2,1-3H3/t23-/m1/s1. The maximum absolute atomic E-state index is 12.3. The maximum atomic E-state index is 12.3.